The van der Waals surface area contributed by atoms with Crippen LogP contribution < -0.4 is 10.7 Å². The standard InChI is InChI=1S/C23H41N4/c1-6-8-10-15-27(16-11-9-7-2)25-23(19-26(5)17-14-24-23)22-13-12-20(3)21(4)18-22/h12-13,18,25H,6-11,14-17,19H2,1-5H3. The molecular formula is C23H41N4. The Kier molecular flexibility index (Phi) is 9.24. The van der Waals surface area contributed by atoms with E-state index in [4.69, 9.17) is 5.32 Å². The highest BCUT2D eigenvalue weighted by Gasteiger charge is 2.38. The highest BCUT2D eigenvalue weighted by Crippen LogP contribution is 2.26. The molecule has 0 saturated carbocycles. The van der Waals surface area contributed by atoms with Crippen molar-refractivity contribution in [1.82, 2.24) is 20.7 Å². The molecule has 0 aromatic heterocycles. The second-order valence-electron chi connectivity index (χ2n) is 8.29. The fourth-order valence-corrected chi connectivity index (χ4v) is 3.84. The fourth-order valence-electron chi connectivity index (χ4n) is 3.84. The van der Waals surface area contributed by atoms with Gasteiger partial charge in [0.1, 0.15) is 5.66 Å². The van der Waals surface area contributed by atoms with Crippen molar-refractivity contribution >= 4 is 0 Å². The van der Waals surface area contributed by atoms with E-state index >= 15 is 0 Å². The van der Waals surface area contributed by atoms with Crippen molar-refractivity contribution in [3.63, 3.8) is 0 Å². The molecule has 0 spiro atoms. The van der Waals surface area contributed by atoms with Crippen LogP contribution in [0.25, 0.3) is 0 Å². The van der Waals surface area contributed by atoms with Crippen LogP contribution in [0, 0.1) is 13.8 Å². The number of benzene rings is 1. The number of nitrogens with one attached hydrogen (secondary N) is 1. The minimum absolute atomic E-state index is 0.329. The van der Waals surface area contributed by atoms with Crippen molar-refractivity contribution in [2.75, 3.05) is 39.8 Å². The highest BCUT2D eigenvalue weighted by atomic mass is 15.6. The van der Waals surface area contributed by atoms with Gasteiger partial charge in [0.2, 0.25) is 0 Å². The molecule has 2 rings (SSSR count). The Morgan fingerprint density at radius 3 is 2.26 bits per heavy atom. The van der Waals surface area contributed by atoms with Gasteiger partial charge in [-0.1, -0.05) is 57.7 Å². The summed E-state index contributed by atoms with van der Waals surface area (Å²) in [6.45, 7) is 14.0. The first kappa shape index (κ1) is 22.4. The molecule has 1 aromatic rings. The molecule has 1 unspecified atom stereocenters. The Labute approximate surface area is 167 Å². The van der Waals surface area contributed by atoms with Crippen molar-refractivity contribution in [1.29, 1.82) is 0 Å². The molecule has 1 N–H and O–H groups in total. The molecule has 1 fully saturated rings. The number of hydrogen-bond donors (Lipinski definition) is 1. The van der Waals surface area contributed by atoms with E-state index in [2.05, 4.69) is 68.3 Å². The molecule has 0 aliphatic carbocycles. The predicted octanol–water partition coefficient (Wildman–Crippen LogP) is 4.19. The highest BCUT2D eigenvalue weighted by molar-refractivity contribution is 5.34. The molecule has 1 saturated heterocycles. The summed E-state index contributed by atoms with van der Waals surface area (Å²) in [4.78, 5) is 2.41. The summed E-state index contributed by atoms with van der Waals surface area (Å²) in [5.74, 6) is 0. The Hall–Kier alpha value is -0.940. The van der Waals surface area contributed by atoms with Gasteiger partial charge in [0.05, 0.1) is 0 Å². The number of unbranched alkanes of at least 4 members (excludes halogenated alkanes) is 4. The first-order chi connectivity index (χ1) is 13.0. The number of hydrazine groups is 1. The Bertz CT molecular complexity index is 549. The molecule has 1 aliphatic heterocycles. The zero-order chi connectivity index (χ0) is 19.7. The van der Waals surface area contributed by atoms with Crippen molar-refractivity contribution < 1.29 is 0 Å². The molecule has 0 amide bonds. The van der Waals surface area contributed by atoms with Gasteiger partial charge in [-0.2, -0.15) is 0 Å². The molecule has 1 atom stereocenters. The summed E-state index contributed by atoms with van der Waals surface area (Å²) in [5, 5.41) is 7.62. The lowest BCUT2D eigenvalue weighted by atomic mass is 9.94. The third kappa shape index (κ3) is 6.56. The quantitative estimate of drug-likeness (QED) is 0.466. The molecule has 1 heterocycles. The molecule has 0 bridgehead atoms. The van der Waals surface area contributed by atoms with Crippen molar-refractivity contribution in [3.8, 4) is 0 Å². The topological polar surface area (TPSA) is 32.6 Å². The maximum absolute atomic E-state index is 5.15. The van der Waals surface area contributed by atoms with Gasteiger partial charge in [0.25, 0.3) is 0 Å². The number of likely N-dealkylation sites (N-methyl/N-ethyl adjacent to an activating group) is 1. The Morgan fingerprint density at radius 1 is 1.04 bits per heavy atom. The summed E-state index contributed by atoms with van der Waals surface area (Å²) in [5.41, 5.74) is 7.57. The number of nitrogens with zero attached hydrogens (tertiary/aromatic N) is 3. The minimum Gasteiger partial charge on any atom is -0.301 e. The third-order valence-corrected chi connectivity index (χ3v) is 5.75. The fraction of sp³-hybridized carbons (Fsp3) is 0.739. The summed E-state index contributed by atoms with van der Waals surface area (Å²) < 4.78 is 0. The van der Waals surface area contributed by atoms with Crippen LogP contribution in [0.15, 0.2) is 18.2 Å². The SMILES string of the molecule is CCCCCN(CCCCC)NC1(c2ccc(C)c(C)c2)CN(C)CC[N]1. The number of piperazine rings is 1. The third-order valence-electron chi connectivity index (χ3n) is 5.75. The summed E-state index contributed by atoms with van der Waals surface area (Å²) in [6.07, 6.45) is 7.60. The molecule has 1 radical (unpaired) electrons. The minimum atomic E-state index is -0.329. The largest absolute Gasteiger partial charge is 0.301 e. The average Bonchev–Trinajstić information content (AvgIpc) is 2.64. The van der Waals surface area contributed by atoms with Gasteiger partial charge in [-0.15, -0.1) is 0 Å². The van der Waals surface area contributed by atoms with Crippen LogP contribution in [-0.2, 0) is 5.66 Å². The lowest BCUT2D eigenvalue weighted by Crippen LogP contribution is -2.65. The van der Waals surface area contributed by atoms with Crippen LogP contribution in [-0.4, -0.2) is 49.7 Å². The van der Waals surface area contributed by atoms with Crippen LogP contribution in [0.3, 0.4) is 0 Å². The average molecular weight is 374 g/mol. The van der Waals surface area contributed by atoms with E-state index in [1.165, 1.54) is 55.2 Å². The summed E-state index contributed by atoms with van der Waals surface area (Å²) in [7, 11) is 2.21. The van der Waals surface area contributed by atoms with E-state index in [0.29, 0.717) is 0 Å². The van der Waals surface area contributed by atoms with Gasteiger partial charge < -0.3 is 4.90 Å². The summed E-state index contributed by atoms with van der Waals surface area (Å²) >= 11 is 0. The monoisotopic (exact) mass is 373 g/mol. The van der Waals surface area contributed by atoms with Crippen LogP contribution >= 0.6 is 0 Å². The van der Waals surface area contributed by atoms with E-state index in [1.54, 1.807) is 0 Å². The molecule has 27 heavy (non-hydrogen) atoms. The maximum atomic E-state index is 5.15. The van der Waals surface area contributed by atoms with Crippen LogP contribution in [0.1, 0.15) is 69.1 Å². The number of rotatable bonds is 11. The maximum Gasteiger partial charge on any atom is 0.136 e. The van der Waals surface area contributed by atoms with Crippen molar-refractivity contribution in [2.24, 2.45) is 0 Å². The van der Waals surface area contributed by atoms with Crippen LogP contribution in [0.5, 0.6) is 0 Å². The van der Waals surface area contributed by atoms with Crippen LogP contribution in [0.4, 0.5) is 0 Å². The molecule has 4 heteroatoms. The Morgan fingerprint density at radius 2 is 1.70 bits per heavy atom. The molecule has 1 aliphatic rings. The van der Waals surface area contributed by atoms with Crippen molar-refractivity contribution in [3.05, 3.63) is 34.9 Å². The van der Waals surface area contributed by atoms with E-state index in [0.717, 1.165) is 32.7 Å². The molecule has 153 valence electrons. The lowest BCUT2D eigenvalue weighted by molar-refractivity contribution is 0.0240. The van der Waals surface area contributed by atoms with Crippen molar-refractivity contribution in [2.45, 2.75) is 71.9 Å². The van der Waals surface area contributed by atoms with Gasteiger partial charge in [0, 0.05) is 32.7 Å². The normalized spacial score (nSPS) is 21.1. The van der Waals surface area contributed by atoms with E-state index in [9.17, 15) is 0 Å². The van der Waals surface area contributed by atoms with Gasteiger partial charge in [-0.25, -0.2) is 15.8 Å². The van der Waals surface area contributed by atoms with E-state index in [1.807, 2.05) is 0 Å². The van der Waals surface area contributed by atoms with Gasteiger partial charge in [0.15, 0.2) is 0 Å². The first-order valence-corrected chi connectivity index (χ1v) is 11.0. The van der Waals surface area contributed by atoms with Gasteiger partial charge >= 0.3 is 0 Å². The molecule has 1 aromatic carbocycles. The smallest absolute Gasteiger partial charge is 0.136 e. The number of aryl methyl sites for hydroxylation is 2. The van der Waals surface area contributed by atoms with E-state index < -0.39 is 0 Å². The predicted molar refractivity (Wildman–Crippen MR) is 116 cm³/mol. The second-order valence-corrected chi connectivity index (χ2v) is 8.29. The lowest BCUT2D eigenvalue weighted by Gasteiger charge is -2.45. The van der Waals surface area contributed by atoms with Gasteiger partial charge in [-0.3, -0.25) is 0 Å². The van der Waals surface area contributed by atoms with Gasteiger partial charge in [-0.05, 0) is 50.4 Å². The first-order valence-electron chi connectivity index (χ1n) is 11.0. The molecular weight excluding hydrogens is 332 g/mol. The Balaban J connectivity index is 2.22. The summed E-state index contributed by atoms with van der Waals surface area (Å²) in [6, 6.07) is 6.85. The van der Waals surface area contributed by atoms with E-state index in [-0.39, 0.29) is 5.66 Å². The second kappa shape index (κ2) is 11.2. The zero-order valence-corrected chi connectivity index (χ0v) is 18.4. The zero-order valence-electron chi connectivity index (χ0n) is 18.4. The van der Waals surface area contributed by atoms with Crippen LogP contribution in [0.2, 0.25) is 0 Å². The molecule has 4 nitrogen and oxygen atoms in total. The number of hydrogen-bond acceptors (Lipinski definition) is 3.